The summed E-state index contributed by atoms with van der Waals surface area (Å²) in [7, 11) is 1.86. The second-order valence-corrected chi connectivity index (χ2v) is 7.57. The number of hydrogen-bond acceptors (Lipinski definition) is 5. The highest BCUT2D eigenvalue weighted by atomic mass is 35.5. The number of halogens is 1. The first kappa shape index (κ1) is 18.4. The first-order chi connectivity index (χ1) is 14.5. The molecule has 0 atom stereocenters. The van der Waals surface area contributed by atoms with Crippen LogP contribution in [0.1, 0.15) is 11.3 Å². The number of rotatable bonds is 4. The molecule has 0 saturated heterocycles. The van der Waals surface area contributed by atoms with Gasteiger partial charge in [0.25, 0.3) is 0 Å². The summed E-state index contributed by atoms with van der Waals surface area (Å²) in [6, 6.07) is 15.0. The minimum atomic E-state index is -0.400. The summed E-state index contributed by atoms with van der Waals surface area (Å²) in [5.74, 6) is 0.382. The maximum Gasteiger partial charge on any atom is 0.354 e. The highest BCUT2D eigenvalue weighted by Gasteiger charge is 2.20. The van der Waals surface area contributed by atoms with Crippen LogP contribution in [0.25, 0.3) is 27.8 Å². The third-order valence-electron chi connectivity index (χ3n) is 5.08. The molecule has 0 spiro atoms. The van der Waals surface area contributed by atoms with E-state index in [-0.39, 0.29) is 0 Å². The lowest BCUT2D eigenvalue weighted by Gasteiger charge is -2.11. The molecule has 0 unspecified atom stereocenters. The Labute approximate surface area is 176 Å². The number of hydrogen-bond donors (Lipinski definition) is 1. The Morgan fingerprint density at radius 3 is 2.80 bits per heavy atom. The Morgan fingerprint density at radius 1 is 1.17 bits per heavy atom. The lowest BCUT2D eigenvalue weighted by atomic mass is 10.2. The van der Waals surface area contributed by atoms with Gasteiger partial charge in [-0.2, -0.15) is 10.1 Å². The largest absolute Gasteiger partial charge is 0.450 e. The maximum atomic E-state index is 13.1. The van der Waals surface area contributed by atoms with Crippen LogP contribution in [0.15, 0.2) is 63.9 Å². The number of furan rings is 1. The topological polar surface area (TPSA) is 77.9 Å². The molecule has 0 aliphatic carbocycles. The first-order valence-electron chi connectivity index (χ1n) is 9.44. The zero-order valence-electron chi connectivity index (χ0n) is 16.4. The molecule has 0 bridgehead atoms. The van der Waals surface area contributed by atoms with Crippen molar-refractivity contribution in [2.24, 2.45) is 7.05 Å². The fourth-order valence-electron chi connectivity index (χ4n) is 3.61. The molecule has 0 aliphatic heterocycles. The van der Waals surface area contributed by atoms with Gasteiger partial charge in [-0.05, 0) is 48.9 Å². The smallest absolute Gasteiger partial charge is 0.354 e. The number of fused-ring (bicyclic) bond motifs is 3. The van der Waals surface area contributed by atoms with E-state index in [2.05, 4.69) is 15.4 Å². The molecule has 0 fully saturated rings. The van der Waals surface area contributed by atoms with Crippen LogP contribution in [0.5, 0.6) is 0 Å². The van der Waals surface area contributed by atoms with Crippen molar-refractivity contribution in [1.29, 1.82) is 0 Å². The SMILES string of the molecule is Cc1cccc(-n2c(=O)nc(NCc3ccnn3C)c3oc4ccc(Cl)cc4c32)c1. The predicted molar refractivity (Wildman–Crippen MR) is 117 cm³/mol. The Morgan fingerprint density at radius 2 is 2.03 bits per heavy atom. The summed E-state index contributed by atoms with van der Waals surface area (Å²) in [5.41, 5.74) is 4.07. The predicted octanol–water partition coefficient (Wildman–Crippen LogP) is 4.44. The summed E-state index contributed by atoms with van der Waals surface area (Å²) in [5, 5.41) is 8.71. The van der Waals surface area contributed by atoms with Gasteiger partial charge in [-0.1, -0.05) is 23.7 Å². The van der Waals surface area contributed by atoms with Gasteiger partial charge < -0.3 is 9.73 Å². The van der Waals surface area contributed by atoms with E-state index in [0.29, 0.717) is 34.1 Å². The van der Waals surface area contributed by atoms with E-state index in [4.69, 9.17) is 16.0 Å². The fourth-order valence-corrected chi connectivity index (χ4v) is 3.78. The number of anilines is 1. The zero-order chi connectivity index (χ0) is 20.8. The molecule has 7 nitrogen and oxygen atoms in total. The van der Waals surface area contributed by atoms with Crippen molar-refractivity contribution in [2.45, 2.75) is 13.5 Å². The molecule has 1 N–H and O–H groups in total. The molecule has 2 aromatic carbocycles. The summed E-state index contributed by atoms with van der Waals surface area (Å²) < 4.78 is 9.45. The van der Waals surface area contributed by atoms with Gasteiger partial charge in [-0.3, -0.25) is 9.25 Å². The number of nitrogens with zero attached hydrogens (tertiary/aromatic N) is 4. The van der Waals surface area contributed by atoms with Gasteiger partial charge in [0, 0.05) is 23.7 Å². The molecule has 5 aromatic rings. The average molecular weight is 420 g/mol. The van der Waals surface area contributed by atoms with E-state index >= 15 is 0 Å². The van der Waals surface area contributed by atoms with Gasteiger partial charge in [0.1, 0.15) is 11.1 Å². The van der Waals surface area contributed by atoms with E-state index < -0.39 is 5.69 Å². The van der Waals surface area contributed by atoms with Crippen LogP contribution >= 0.6 is 11.6 Å². The van der Waals surface area contributed by atoms with Crippen molar-refractivity contribution in [3.05, 3.63) is 81.5 Å². The van der Waals surface area contributed by atoms with E-state index in [1.807, 2.05) is 44.3 Å². The summed E-state index contributed by atoms with van der Waals surface area (Å²) in [6.45, 7) is 2.43. The molecule has 3 aromatic heterocycles. The normalized spacial score (nSPS) is 11.4. The molecule has 8 heteroatoms. The number of aromatic nitrogens is 4. The molecule has 150 valence electrons. The van der Waals surface area contributed by atoms with Gasteiger partial charge >= 0.3 is 5.69 Å². The van der Waals surface area contributed by atoms with Crippen molar-refractivity contribution < 1.29 is 4.42 Å². The molecule has 3 heterocycles. The van der Waals surface area contributed by atoms with Crippen LogP contribution in [0.3, 0.4) is 0 Å². The van der Waals surface area contributed by atoms with Crippen molar-refractivity contribution in [2.75, 3.05) is 5.32 Å². The third kappa shape index (κ3) is 3.04. The molecule has 30 heavy (non-hydrogen) atoms. The van der Waals surface area contributed by atoms with Gasteiger partial charge in [0.05, 0.1) is 17.9 Å². The average Bonchev–Trinajstić information content (AvgIpc) is 3.29. The van der Waals surface area contributed by atoms with Gasteiger partial charge in [0.15, 0.2) is 11.4 Å². The standard InChI is InChI=1S/C22H18ClN5O2/c1-13-4-3-5-15(10-13)28-19-17-11-14(23)6-7-18(17)30-20(19)21(26-22(28)29)24-12-16-8-9-25-27(16)2/h3-11H,12H2,1-2H3,(H,24,26,29). The minimum absolute atomic E-state index is 0.382. The summed E-state index contributed by atoms with van der Waals surface area (Å²) >= 11 is 6.26. The highest BCUT2D eigenvalue weighted by molar-refractivity contribution is 6.31. The van der Waals surface area contributed by atoms with Crippen LogP contribution in [0.2, 0.25) is 5.02 Å². The summed E-state index contributed by atoms with van der Waals surface area (Å²) in [6.07, 6.45) is 1.72. The fraction of sp³-hybridized carbons (Fsp3) is 0.136. The van der Waals surface area contributed by atoms with Crippen LogP contribution < -0.4 is 11.0 Å². The van der Waals surface area contributed by atoms with Gasteiger partial charge in [-0.25, -0.2) is 4.79 Å². The molecule has 0 saturated carbocycles. The van der Waals surface area contributed by atoms with E-state index in [1.165, 1.54) is 0 Å². The molecule has 0 aliphatic rings. The number of aryl methyl sites for hydroxylation is 2. The quantitative estimate of drug-likeness (QED) is 0.466. The van der Waals surface area contributed by atoms with Crippen molar-refractivity contribution in [1.82, 2.24) is 19.3 Å². The van der Waals surface area contributed by atoms with Crippen LogP contribution in [0, 0.1) is 6.92 Å². The van der Waals surface area contributed by atoms with E-state index in [0.717, 1.165) is 22.3 Å². The van der Waals surface area contributed by atoms with Crippen molar-refractivity contribution in [3.63, 3.8) is 0 Å². The highest BCUT2D eigenvalue weighted by Crippen LogP contribution is 2.34. The zero-order valence-corrected chi connectivity index (χ0v) is 17.1. The Bertz CT molecular complexity index is 1460. The number of nitrogens with one attached hydrogen (secondary N) is 1. The van der Waals surface area contributed by atoms with E-state index in [1.54, 1.807) is 33.6 Å². The van der Waals surface area contributed by atoms with Crippen LogP contribution in [-0.2, 0) is 13.6 Å². The second kappa shape index (κ2) is 7.03. The maximum absolute atomic E-state index is 13.1. The monoisotopic (exact) mass is 419 g/mol. The third-order valence-corrected chi connectivity index (χ3v) is 5.32. The first-order valence-corrected chi connectivity index (χ1v) is 9.81. The lowest BCUT2D eigenvalue weighted by Crippen LogP contribution is -2.23. The second-order valence-electron chi connectivity index (χ2n) is 7.14. The molecule has 0 radical (unpaired) electrons. The Kier molecular flexibility index (Phi) is 4.33. The Hall–Kier alpha value is -3.58. The van der Waals surface area contributed by atoms with Gasteiger partial charge in [0.2, 0.25) is 0 Å². The van der Waals surface area contributed by atoms with Crippen LogP contribution in [0.4, 0.5) is 5.82 Å². The molecule has 0 amide bonds. The van der Waals surface area contributed by atoms with Crippen molar-refractivity contribution >= 4 is 39.5 Å². The van der Waals surface area contributed by atoms with Crippen LogP contribution in [-0.4, -0.2) is 19.3 Å². The van der Waals surface area contributed by atoms with Crippen molar-refractivity contribution in [3.8, 4) is 5.69 Å². The van der Waals surface area contributed by atoms with Gasteiger partial charge in [-0.15, -0.1) is 0 Å². The van der Waals surface area contributed by atoms with E-state index in [9.17, 15) is 4.79 Å². The molecule has 5 rings (SSSR count). The minimum Gasteiger partial charge on any atom is -0.450 e. The number of benzene rings is 2. The molecular weight excluding hydrogens is 402 g/mol. The Balaban J connectivity index is 1.77. The summed E-state index contributed by atoms with van der Waals surface area (Å²) in [4.78, 5) is 17.4. The lowest BCUT2D eigenvalue weighted by molar-refractivity contribution is 0.663. The molecular formula is C22H18ClN5O2.